The molecule has 14 heavy (non-hydrogen) atoms. The van der Waals surface area contributed by atoms with Gasteiger partial charge in [0, 0.05) is 6.54 Å². The van der Waals surface area contributed by atoms with Crippen molar-refractivity contribution in [2.75, 3.05) is 29.1 Å². The summed E-state index contributed by atoms with van der Waals surface area (Å²) in [5, 5.41) is 3.26. The topological polar surface area (TPSA) is 63.8 Å². The fourth-order valence-corrected chi connectivity index (χ4v) is 2.74. The predicted octanol–water partition coefficient (Wildman–Crippen LogP) is 1.22. The molecule has 1 aromatic heterocycles. The van der Waals surface area contributed by atoms with Crippen LogP contribution >= 0.6 is 11.8 Å². The van der Waals surface area contributed by atoms with E-state index in [0.717, 1.165) is 18.3 Å². The van der Waals surface area contributed by atoms with E-state index in [-0.39, 0.29) is 0 Å². The molecule has 1 saturated heterocycles. The maximum Gasteiger partial charge on any atom is 0.146 e. The summed E-state index contributed by atoms with van der Waals surface area (Å²) in [6, 6.07) is 0. The van der Waals surface area contributed by atoms with Crippen LogP contribution in [0.1, 0.15) is 6.42 Å². The summed E-state index contributed by atoms with van der Waals surface area (Å²) in [6.07, 6.45) is 4.56. The van der Waals surface area contributed by atoms with Crippen molar-refractivity contribution in [2.45, 2.75) is 6.42 Å². The van der Waals surface area contributed by atoms with Crippen molar-refractivity contribution in [3.05, 3.63) is 12.4 Å². The second-order valence-corrected chi connectivity index (χ2v) is 4.59. The molecule has 0 radical (unpaired) electrons. The number of thioether (sulfide) groups is 1. The fourth-order valence-electron chi connectivity index (χ4n) is 1.46. The molecule has 1 aromatic rings. The van der Waals surface area contributed by atoms with Gasteiger partial charge in [0.1, 0.15) is 11.6 Å². The summed E-state index contributed by atoms with van der Waals surface area (Å²) in [5.41, 5.74) is 5.52. The number of anilines is 2. The molecule has 4 nitrogen and oxygen atoms in total. The molecule has 0 saturated carbocycles. The van der Waals surface area contributed by atoms with Gasteiger partial charge in [-0.05, 0) is 23.8 Å². The van der Waals surface area contributed by atoms with Crippen LogP contribution in [0.15, 0.2) is 12.4 Å². The number of nitrogens with one attached hydrogen (secondary N) is 1. The fraction of sp³-hybridized carbons (Fsp3) is 0.556. The maximum atomic E-state index is 5.52. The first-order valence-corrected chi connectivity index (χ1v) is 5.89. The van der Waals surface area contributed by atoms with Gasteiger partial charge in [-0.25, -0.2) is 4.98 Å². The molecule has 2 heterocycles. The Morgan fingerprint density at radius 1 is 1.57 bits per heavy atom. The molecule has 0 amide bonds. The quantitative estimate of drug-likeness (QED) is 0.785. The van der Waals surface area contributed by atoms with Crippen LogP contribution in [0.4, 0.5) is 11.6 Å². The lowest BCUT2D eigenvalue weighted by atomic mass is 10.1. The predicted molar refractivity (Wildman–Crippen MR) is 60.4 cm³/mol. The molecule has 5 heteroatoms. The van der Waals surface area contributed by atoms with Crippen LogP contribution < -0.4 is 11.1 Å². The zero-order valence-corrected chi connectivity index (χ0v) is 8.76. The van der Waals surface area contributed by atoms with E-state index in [9.17, 15) is 0 Å². The summed E-state index contributed by atoms with van der Waals surface area (Å²) in [6.45, 7) is 0.977. The minimum Gasteiger partial charge on any atom is -0.382 e. The van der Waals surface area contributed by atoms with Crippen molar-refractivity contribution in [2.24, 2.45) is 5.92 Å². The summed E-state index contributed by atoms with van der Waals surface area (Å²) in [7, 11) is 0. The molecule has 0 bridgehead atoms. The lowest BCUT2D eigenvalue weighted by Gasteiger charge is -2.09. The molecular formula is C9H14N4S. The van der Waals surface area contributed by atoms with Crippen molar-refractivity contribution in [1.29, 1.82) is 0 Å². The van der Waals surface area contributed by atoms with Crippen molar-refractivity contribution >= 4 is 23.4 Å². The minimum atomic E-state index is 0.468. The van der Waals surface area contributed by atoms with Crippen LogP contribution in [-0.2, 0) is 0 Å². The van der Waals surface area contributed by atoms with E-state index in [4.69, 9.17) is 5.73 Å². The van der Waals surface area contributed by atoms with E-state index in [1.165, 1.54) is 17.9 Å². The second kappa shape index (κ2) is 4.50. The van der Waals surface area contributed by atoms with Crippen molar-refractivity contribution in [3.63, 3.8) is 0 Å². The van der Waals surface area contributed by atoms with E-state index in [0.29, 0.717) is 5.82 Å². The molecule has 0 spiro atoms. The van der Waals surface area contributed by atoms with Gasteiger partial charge in [-0.15, -0.1) is 0 Å². The smallest absolute Gasteiger partial charge is 0.146 e. The highest BCUT2D eigenvalue weighted by atomic mass is 32.2. The minimum absolute atomic E-state index is 0.468. The average molecular weight is 210 g/mol. The number of aromatic nitrogens is 2. The number of hydrogen-bond donors (Lipinski definition) is 2. The van der Waals surface area contributed by atoms with Crippen molar-refractivity contribution in [3.8, 4) is 0 Å². The normalized spacial score (nSPS) is 21.0. The molecular weight excluding hydrogens is 196 g/mol. The first-order chi connectivity index (χ1) is 6.84. The Bertz CT molecular complexity index is 299. The first kappa shape index (κ1) is 9.58. The number of nitrogens with two attached hydrogens (primary N) is 1. The number of hydrogen-bond acceptors (Lipinski definition) is 5. The van der Waals surface area contributed by atoms with Crippen LogP contribution in [0.3, 0.4) is 0 Å². The van der Waals surface area contributed by atoms with E-state index < -0.39 is 0 Å². The molecule has 1 fully saturated rings. The van der Waals surface area contributed by atoms with Crippen LogP contribution in [0.2, 0.25) is 0 Å². The van der Waals surface area contributed by atoms with Gasteiger partial charge < -0.3 is 11.1 Å². The van der Waals surface area contributed by atoms with Gasteiger partial charge in [0.05, 0.1) is 12.4 Å². The lowest BCUT2D eigenvalue weighted by Crippen LogP contribution is -2.14. The van der Waals surface area contributed by atoms with Crippen LogP contribution in [0.25, 0.3) is 0 Å². The Kier molecular flexibility index (Phi) is 3.08. The van der Waals surface area contributed by atoms with Gasteiger partial charge in [0.25, 0.3) is 0 Å². The number of rotatable bonds is 3. The monoisotopic (exact) mass is 210 g/mol. The van der Waals surface area contributed by atoms with Gasteiger partial charge in [0.2, 0.25) is 0 Å². The molecule has 76 valence electrons. The third-order valence-electron chi connectivity index (χ3n) is 2.25. The average Bonchev–Trinajstić information content (AvgIpc) is 2.67. The molecule has 3 N–H and O–H groups in total. The van der Waals surface area contributed by atoms with Crippen molar-refractivity contribution < 1.29 is 0 Å². The Morgan fingerprint density at radius 3 is 3.21 bits per heavy atom. The highest BCUT2D eigenvalue weighted by Gasteiger charge is 2.14. The van der Waals surface area contributed by atoms with Gasteiger partial charge >= 0.3 is 0 Å². The van der Waals surface area contributed by atoms with E-state index in [1.54, 1.807) is 12.4 Å². The highest BCUT2D eigenvalue weighted by Crippen LogP contribution is 2.23. The molecule has 1 aliphatic heterocycles. The highest BCUT2D eigenvalue weighted by molar-refractivity contribution is 7.99. The van der Waals surface area contributed by atoms with Crippen molar-refractivity contribution in [1.82, 2.24) is 9.97 Å². The lowest BCUT2D eigenvalue weighted by molar-refractivity contribution is 0.630. The summed E-state index contributed by atoms with van der Waals surface area (Å²) >= 11 is 2.02. The van der Waals surface area contributed by atoms with Gasteiger partial charge in [-0.3, -0.25) is 4.98 Å². The van der Waals surface area contributed by atoms with Crippen LogP contribution in [0.5, 0.6) is 0 Å². The zero-order chi connectivity index (χ0) is 9.80. The first-order valence-electron chi connectivity index (χ1n) is 4.74. The van der Waals surface area contributed by atoms with Crippen LogP contribution in [0, 0.1) is 5.92 Å². The van der Waals surface area contributed by atoms with Gasteiger partial charge in [0.15, 0.2) is 0 Å². The Morgan fingerprint density at radius 2 is 2.50 bits per heavy atom. The standard InChI is InChI=1S/C9H14N4S/c10-8-4-11-5-9(13-8)12-3-7-1-2-14-6-7/h4-5,7H,1-3,6H2,(H3,10,12,13). The molecule has 2 rings (SSSR count). The molecule has 1 aliphatic rings. The number of nitrogen functional groups attached to an aromatic ring is 1. The summed E-state index contributed by atoms with van der Waals surface area (Å²) in [4.78, 5) is 8.11. The number of nitrogens with zero attached hydrogens (tertiary/aromatic N) is 2. The maximum absolute atomic E-state index is 5.52. The van der Waals surface area contributed by atoms with Crippen LogP contribution in [-0.4, -0.2) is 28.0 Å². The van der Waals surface area contributed by atoms with E-state index in [2.05, 4.69) is 15.3 Å². The molecule has 1 unspecified atom stereocenters. The third kappa shape index (κ3) is 2.51. The van der Waals surface area contributed by atoms with Gasteiger partial charge in [-0.2, -0.15) is 11.8 Å². The second-order valence-electron chi connectivity index (χ2n) is 3.44. The summed E-state index contributed by atoms with van der Waals surface area (Å²) < 4.78 is 0. The van der Waals surface area contributed by atoms with E-state index >= 15 is 0 Å². The SMILES string of the molecule is Nc1cncc(NCC2CCSC2)n1. The molecule has 0 aliphatic carbocycles. The zero-order valence-electron chi connectivity index (χ0n) is 7.94. The Hall–Kier alpha value is -0.970. The molecule has 1 atom stereocenters. The largest absolute Gasteiger partial charge is 0.382 e. The summed E-state index contributed by atoms with van der Waals surface area (Å²) in [5.74, 6) is 4.55. The molecule has 0 aromatic carbocycles. The van der Waals surface area contributed by atoms with E-state index in [1.807, 2.05) is 11.8 Å². The Labute approximate surface area is 87.7 Å². The Balaban J connectivity index is 1.85. The third-order valence-corrected chi connectivity index (χ3v) is 3.48. The van der Waals surface area contributed by atoms with Gasteiger partial charge in [-0.1, -0.05) is 0 Å².